The second-order valence-corrected chi connectivity index (χ2v) is 7.85. The molecule has 3 unspecified atom stereocenters. The highest BCUT2D eigenvalue weighted by Gasteiger charge is 2.12. The normalized spacial score (nSPS) is 17.0. The van der Waals surface area contributed by atoms with E-state index in [9.17, 15) is 4.21 Å². The number of nitrogens with one attached hydrogen (secondary N) is 1. The lowest BCUT2D eigenvalue weighted by Crippen LogP contribution is -2.30. The van der Waals surface area contributed by atoms with Crippen molar-refractivity contribution in [3.63, 3.8) is 0 Å². The fourth-order valence-electron chi connectivity index (χ4n) is 1.39. The molecule has 1 heterocycles. The highest BCUT2D eigenvalue weighted by molar-refractivity contribution is 9.11. The maximum atomic E-state index is 11.0. The van der Waals surface area contributed by atoms with Gasteiger partial charge in [0.25, 0.3) is 0 Å². The van der Waals surface area contributed by atoms with Crippen LogP contribution in [-0.4, -0.2) is 27.2 Å². The van der Waals surface area contributed by atoms with E-state index in [1.165, 1.54) is 0 Å². The molecule has 16 heavy (non-hydrogen) atoms. The summed E-state index contributed by atoms with van der Waals surface area (Å²) in [6, 6.07) is 0.609. The highest BCUT2D eigenvalue weighted by atomic mass is 79.9. The number of rotatable bonds is 6. The Morgan fingerprint density at radius 3 is 2.81 bits per heavy atom. The van der Waals surface area contributed by atoms with E-state index in [-0.39, 0.29) is 6.04 Å². The summed E-state index contributed by atoms with van der Waals surface area (Å²) in [5, 5.41) is 4.54. The minimum absolute atomic E-state index is 0.247. The summed E-state index contributed by atoms with van der Waals surface area (Å²) >= 11 is 5.05. The van der Waals surface area contributed by atoms with E-state index in [0.29, 0.717) is 6.04 Å². The number of thiazole rings is 1. The molecular formula is C10H17BrN2OS2. The quantitative estimate of drug-likeness (QED) is 0.874. The third kappa shape index (κ3) is 5.03. The van der Waals surface area contributed by atoms with Crippen LogP contribution < -0.4 is 5.32 Å². The van der Waals surface area contributed by atoms with Crippen molar-refractivity contribution < 1.29 is 4.21 Å². The molecule has 1 aromatic rings. The first-order valence-corrected chi connectivity index (χ1v) is 8.50. The van der Waals surface area contributed by atoms with Gasteiger partial charge in [-0.2, -0.15) is 0 Å². The Labute approximate surface area is 112 Å². The van der Waals surface area contributed by atoms with Gasteiger partial charge in [-0.25, -0.2) is 4.98 Å². The first kappa shape index (κ1) is 14.3. The van der Waals surface area contributed by atoms with Crippen LogP contribution in [0, 0.1) is 0 Å². The second kappa shape index (κ2) is 6.83. The lowest BCUT2D eigenvalue weighted by Gasteiger charge is -2.17. The molecule has 0 aliphatic heterocycles. The zero-order valence-corrected chi connectivity index (χ0v) is 12.9. The molecule has 0 aliphatic rings. The van der Waals surface area contributed by atoms with Gasteiger partial charge >= 0.3 is 0 Å². The standard InChI is InChI=1S/C10H17BrN2OS2/c1-7(4-5-16(3)14)13-8(2)10-12-6-9(11)15-10/h6-8,13H,4-5H2,1-3H3. The van der Waals surface area contributed by atoms with E-state index in [4.69, 9.17) is 0 Å². The summed E-state index contributed by atoms with van der Waals surface area (Å²) in [7, 11) is -0.702. The van der Waals surface area contributed by atoms with Gasteiger partial charge in [-0.15, -0.1) is 11.3 Å². The maximum absolute atomic E-state index is 11.0. The van der Waals surface area contributed by atoms with E-state index in [2.05, 4.69) is 40.1 Å². The van der Waals surface area contributed by atoms with Crippen LogP contribution in [0.2, 0.25) is 0 Å². The van der Waals surface area contributed by atoms with Crippen LogP contribution in [0.1, 0.15) is 31.3 Å². The molecule has 0 saturated carbocycles. The lowest BCUT2D eigenvalue weighted by molar-refractivity contribution is 0.469. The number of nitrogens with zero attached hydrogens (tertiary/aromatic N) is 1. The van der Waals surface area contributed by atoms with E-state index in [0.717, 1.165) is 21.0 Å². The van der Waals surface area contributed by atoms with E-state index < -0.39 is 10.8 Å². The SMILES string of the molecule is CC(CCS(C)=O)NC(C)c1ncc(Br)s1. The van der Waals surface area contributed by atoms with Crippen molar-refractivity contribution >= 4 is 38.1 Å². The van der Waals surface area contributed by atoms with Crippen LogP contribution in [0.15, 0.2) is 9.98 Å². The summed E-state index contributed by atoms with van der Waals surface area (Å²) in [6.45, 7) is 4.22. The molecule has 0 saturated heterocycles. The average Bonchev–Trinajstić information content (AvgIpc) is 2.62. The molecule has 0 bridgehead atoms. The number of hydrogen-bond donors (Lipinski definition) is 1. The molecule has 0 spiro atoms. The van der Waals surface area contributed by atoms with Crippen LogP contribution in [0.25, 0.3) is 0 Å². The van der Waals surface area contributed by atoms with Gasteiger partial charge < -0.3 is 5.32 Å². The number of aromatic nitrogens is 1. The van der Waals surface area contributed by atoms with Gasteiger partial charge in [0, 0.05) is 28.9 Å². The third-order valence-electron chi connectivity index (χ3n) is 2.24. The van der Waals surface area contributed by atoms with Gasteiger partial charge in [0.1, 0.15) is 5.01 Å². The molecular weight excluding hydrogens is 308 g/mol. The monoisotopic (exact) mass is 324 g/mol. The van der Waals surface area contributed by atoms with Crippen LogP contribution in [0.3, 0.4) is 0 Å². The molecule has 0 fully saturated rings. The molecule has 1 aromatic heterocycles. The van der Waals surface area contributed by atoms with Crippen molar-refractivity contribution in [3.05, 3.63) is 15.0 Å². The second-order valence-electron chi connectivity index (χ2n) is 3.86. The molecule has 0 aromatic carbocycles. The topological polar surface area (TPSA) is 42.0 Å². The van der Waals surface area contributed by atoms with Gasteiger partial charge in [-0.05, 0) is 36.2 Å². The van der Waals surface area contributed by atoms with Crippen LogP contribution in [-0.2, 0) is 10.8 Å². The van der Waals surface area contributed by atoms with Crippen molar-refractivity contribution in [2.24, 2.45) is 0 Å². The third-order valence-corrected chi connectivity index (χ3v) is 4.71. The minimum atomic E-state index is -0.702. The van der Waals surface area contributed by atoms with Crippen molar-refractivity contribution in [1.82, 2.24) is 10.3 Å². The minimum Gasteiger partial charge on any atom is -0.306 e. The van der Waals surface area contributed by atoms with Gasteiger partial charge in [0.2, 0.25) is 0 Å². The van der Waals surface area contributed by atoms with Gasteiger partial charge in [0.05, 0.1) is 16.0 Å². The molecule has 0 aliphatic carbocycles. The smallest absolute Gasteiger partial charge is 0.110 e. The van der Waals surface area contributed by atoms with E-state index >= 15 is 0 Å². The maximum Gasteiger partial charge on any atom is 0.110 e. The fourth-order valence-corrected chi connectivity index (χ4v) is 3.33. The van der Waals surface area contributed by atoms with Crippen molar-refractivity contribution in [1.29, 1.82) is 0 Å². The molecule has 92 valence electrons. The Hall–Kier alpha value is 0.220. The Kier molecular flexibility index (Phi) is 6.10. The van der Waals surface area contributed by atoms with Crippen LogP contribution >= 0.6 is 27.3 Å². The Morgan fingerprint density at radius 2 is 2.31 bits per heavy atom. The van der Waals surface area contributed by atoms with Crippen molar-refractivity contribution in [2.45, 2.75) is 32.4 Å². The fraction of sp³-hybridized carbons (Fsp3) is 0.700. The predicted octanol–water partition coefficient (Wildman–Crippen LogP) is 2.71. The Bertz CT molecular complexity index is 356. The van der Waals surface area contributed by atoms with Crippen molar-refractivity contribution in [3.8, 4) is 0 Å². The Balaban J connectivity index is 2.39. The zero-order chi connectivity index (χ0) is 12.1. The number of halogens is 1. The van der Waals surface area contributed by atoms with Crippen LogP contribution in [0.5, 0.6) is 0 Å². The molecule has 1 rings (SSSR count). The summed E-state index contributed by atoms with van der Waals surface area (Å²) in [5.41, 5.74) is 0. The first-order valence-electron chi connectivity index (χ1n) is 5.16. The molecule has 3 atom stereocenters. The average molecular weight is 325 g/mol. The molecule has 1 N–H and O–H groups in total. The number of hydrogen-bond acceptors (Lipinski definition) is 4. The predicted molar refractivity (Wildman–Crippen MR) is 74.4 cm³/mol. The Morgan fingerprint density at radius 1 is 1.62 bits per heavy atom. The molecule has 0 amide bonds. The summed E-state index contributed by atoms with van der Waals surface area (Å²) in [4.78, 5) is 4.31. The van der Waals surface area contributed by atoms with Gasteiger partial charge in [0.15, 0.2) is 0 Å². The summed E-state index contributed by atoms with van der Waals surface area (Å²) in [6.07, 6.45) is 4.50. The lowest BCUT2D eigenvalue weighted by atomic mass is 10.2. The largest absolute Gasteiger partial charge is 0.306 e. The summed E-state index contributed by atoms with van der Waals surface area (Å²) in [5.74, 6) is 0.752. The van der Waals surface area contributed by atoms with Gasteiger partial charge in [-0.3, -0.25) is 4.21 Å². The van der Waals surface area contributed by atoms with E-state index in [1.54, 1.807) is 17.6 Å². The van der Waals surface area contributed by atoms with Crippen LogP contribution in [0.4, 0.5) is 0 Å². The first-order chi connectivity index (χ1) is 7.49. The molecule has 0 radical (unpaired) electrons. The summed E-state index contributed by atoms with van der Waals surface area (Å²) < 4.78 is 12.0. The van der Waals surface area contributed by atoms with E-state index in [1.807, 2.05) is 6.20 Å². The molecule has 6 heteroatoms. The zero-order valence-electron chi connectivity index (χ0n) is 9.70. The molecule has 3 nitrogen and oxygen atoms in total. The highest BCUT2D eigenvalue weighted by Crippen LogP contribution is 2.24. The van der Waals surface area contributed by atoms with Gasteiger partial charge in [-0.1, -0.05) is 0 Å². The van der Waals surface area contributed by atoms with Crippen molar-refractivity contribution in [2.75, 3.05) is 12.0 Å².